The number of aromatic nitrogens is 3. The van der Waals surface area contributed by atoms with Gasteiger partial charge in [-0.2, -0.15) is 5.10 Å². The highest BCUT2D eigenvalue weighted by atomic mass is 16.5. The predicted octanol–water partition coefficient (Wildman–Crippen LogP) is 2.13. The number of ether oxygens (including phenoxy) is 1. The fraction of sp³-hybridized carbons (Fsp3) is 0.472. The predicted molar refractivity (Wildman–Crippen MR) is 190 cm³/mol. The van der Waals surface area contributed by atoms with Crippen LogP contribution in [0.2, 0.25) is 0 Å². The van der Waals surface area contributed by atoms with Crippen molar-refractivity contribution in [2.75, 3.05) is 18.6 Å². The first kappa shape index (κ1) is 37.0. The normalized spacial score (nSPS) is 22.4. The van der Waals surface area contributed by atoms with Gasteiger partial charge in [-0.3, -0.25) is 44.1 Å². The van der Waals surface area contributed by atoms with Crippen LogP contribution in [0.15, 0.2) is 48.8 Å². The van der Waals surface area contributed by atoms with Crippen LogP contribution >= 0.6 is 0 Å². The Hall–Kier alpha value is -5.31. The lowest BCUT2D eigenvalue weighted by Crippen LogP contribution is -2.62. The van der Waals surface area contributed by atoms with E-state index in [1.54, 1.807) is 77.1 Å². The Labute approximate surface area is 297 Å². The molecule has 1 aromatic carbocycles. The van der Waals surface area contributed by atoms with Crippen LogP contribution in [0.4, 0.5) is 5.82 Å². The Morgan fingerprint density at radius 1 is 1.10 bits per heavy atom. The molecule has 15 nitrogen and oxygen atoms in total. The molecule has 2 aliphatic rings. The van der Waals surface area contributed by atoms with Crippen LogP contribution in [0.1, 0.15) is 64.5 Å². The number of carbonyl (C=O) groups is 5. The van der Waals surface area contributed by atoms with E-state index in [2.05, 4.69) is 26.6 Å². The van der Waals surface area contributed by atoms with Gasteiger partial charge in [0.1, 0.15) is 17.9 Å². The molecule has 2 aromatic heterocycles. The number of fused-ring (bicyclic) bond motifs is 4. The summed E-state index contributed by atoms with van der Waals surface area (Å²) in [4.78, 5) is 72.4. The number of hydrogen-bond acceptors (Lipinski definition) is 10. The first-order valence-electron chi connectivity index (χ1n) is 17.2. The maximum Gasteiger partial charge on any atom is 0.316 e. The molecular formula is C36H47N9O6. The van der Waals surface area contributed by atoms with Crippen molar-refractivity contribution in [1.82, 2.24) is 41.3 Å². The number of nitrogens with zero attached hydrogens (tertiary/aromatic N) is 5. The van der Waals surface area contributed by atoms with E-state index in [4.69, 9.17) is 9.72 Å². The van der Waals surface area contributed by atoms with Crippen molar-refractivity contribution >= 4 is 52.4 Å². The molecule has 0 aliphatic carbocycles. The molecule has 4 amide bonds. The maximum absolute atomic E-state index is 14.0. The van der Waals surface area contributed by atoms with Crippen molar-refractivity contribution in [3.05, 3.63) is 59.9 Å². The summed E-state index contributed by atoms with van der Waals surface area (Å²) in [6.45, 7) is 7.40. The number of pyridine rings is 1. The molecule has 1 fully saturated rings. The minimum atomic E-state index is -1.22. The number of hydrogen-bond donors (Lipinski definition) is 4. The second-order valence-electron chi connectivity index (χ2n) is 14.0. The summed E-state index contributed by atoms with van der Waals surface area (Å²) in [7, 11) is 3.46. The Balaban J connectivity index is 1.43. The largest absolute Gasteiger partial charge is 0.451 e. The Kier molecular flexibility index (Phi) is 11.4. The zero-order chi connectivity index (χ0) is 36.9. The minimum absolute atomic E-state index is 0.0408. The summed E-state index contributed by atoms with van der Waals surface area (Å²) in [6, 6.07) is 7.48. The van der Waals surface area contributed by atoms with Crippen LogP contribution in [-0.2, 0) is 42.3 Å². The third kappa shape index (κ3) is 9.28. The molecule has 4 heterocycles. The van der Waals surface area contributed by atoms with Gasteiger partial charge in [-0.1, -0.05) is 38.1 Å². The van der Waals surface area contributed by atoms with Gasteiger partial charge in [0.25, 0.3) is 17.7 Å². The first-order chi connectivity index (χ1) is 24.2. The average Bonchev–Trinajstić information content (AvgIpc) is 3.53. The highest BCUT2D eigenvalue weighted by Gasteiger charge is 2.37. The van der Waals surface area contributed by atoms with Crippen molar-refractivity contribution < 1.29 is 28.7 Å². The summed E-state index contributed by atoms with van der Waals surface area (Å²) in [5, 5.41) is 13.4. The van der Waals surface area contributed by atoms with Crippen molar-refractivity contribution in [2.24, 2.45) is 18.4 Å². The molecule has 0 radical (unpaired) electrons. The topological polar surface area (TPSA) is 180 Å². The van der Waals surface area contributed by atoms with Gasteiger partial charge in [0, 0.05) is 50.8 Å². The van der Waals surface area contributed by atoms with Gasteiger partial charge in [0.15, 0.2) is 6.10 Å². The van der Waals surface area contributed by atoms with Crippen LogP contribution in [0.25, 0.3) is 17.0 Å². The van der Waals surface area contributed by atoms with Gasteiger partial charge < -0.3 is 15.4 Å². The fourth-order valence-corrected chi connectivity index (χ4v) is 5.81. The third-order valence-electron chi connectivity index (χ3n) is 8.93. The van der Waals surface area contributed by atoms with Gasteiger partial charge in [-0.25, -0.2) is 10.4 Å². The summed E-state index contributed by atoms with van der Waals surface area (Å²) < 4.78 is 7.45. The summed E-state index contributed by atoms with van der Waals surface area (Å²) in [6.07, 6.45) is 6.55. The molecule has 5 rings (SSSR count). The van der Waals surface area contributed by atoms with E-state index in [9.17, 15) is 24.0 Å². The fourth-order valence-electron chi connectivity index (χ4n) is 5.81. The summed E-state index contributed by atoms with van der Waals surface area (Å²) in [5.74, 6) is -2.45. The van der Waals surface area contributed by atoms with E-state index in [0.29, 0.717) is 24.2 Å². The third-order valence-corrected chi connectivity index (χ3v) is 8.93. The smallest absolute Gasteiger partial charge is 0.316 e. The molecular weight excluding hydrogens is 654 g/mol. The molecule has 4 N–H and O–H groups in total. The molecule has 1 saturated heterocycles. The number of amides is 4. The van der Waals surface area contributed by atoms with Crippen LogP contribution in [0.3, 0.4) is 0 Å². The van der Waals surface area contributed by atoms with E-state index in [-0.39, 0.29) is 37.7 Å². The monoisotopic (exact) mass is 701 g/mol. The lowest BCUT2D eigenvalue weighted by atomic mass is 9.92. The van der Waals surface area contributed by atoms with Gasteiger partial charge in [0.05, 0.1) is 17.1 Å². The Morgan fingerprint density at radius 2 is 1.86 bits per heavy atom. The second-order valence-corrected chi connectivity index (χ2v) is 14.0. The highest BCUT2D eigenvalue weighted by Crippen LogP contribution is 2.25. The lowest BCUT2D eigenvalue weighted by Gasteiger charge is -2.36. The number of aryl methyl sites for hydroxylation is 1. The number of cyclic esters (lactones) is 1. The number of esters is 1. The zero-order valence-electron chi connectivity index (χ0n) is 29.9. The lowest BCUT2D eigenvalue weighted by molar-refractivity contribution is -0.165. The summed E-state index contributed by atoms with van der Waals surface area (Å²) in [5.41, 5.74) is 7.05. The Bertz CT molecular complexity index is 1820. The van der Waals surface area contributed by atoms with Crippen LogP contribution in [-0.4, -0.2) is 81.2 Å². The quantitative estimate of drug-likeness (QED) is 0.278. The van der Waals surface area contributed by atoms with Gasteiger partial charge >= 0.3 is 5.97 Å². The van der Waals surface area contributed by atoms with E-state index >= 15 is 0 Å². The van der Waals surface area contributed by atoms with E-state index in [0.717, 1.165) is 16.5 Å². The van der Waals surface area contributed by atoms with Crippen LogP contribution in [0.5, 0.6) is 0 Å². The molecule has 15 heteroatoms. The van der Waals surface area contributed by atoms with E-state index in [1.165, 1.54) is 10.0 Å². The van der Waals surface area contributed by atoms with Crippen LogP contribution in [0, 0.1) is 11.3 Å². The molecule has 3 aromatic rings. The maximum atomic E-state index is 14.0. The van der Waals surface area contributed by atoms with Gasteiger partial charge in [0.2, 0.25) is 5.91 Å². The molecule has 5 bridgehead atoms. The molecule has 0 saturated carbocycles. The molecule has 0 spiro atoms. The molecule has 272 valence electrons. The van der Waals surface area contributed by atoms with Gasteiger partial charge in [-0.05, 0) is 62.8 Å². The number of benzene rings is 1. The number of hydrazine groups is 2. The SMILES string of the molecule is CC(C)[C@@H]1OC(=O)C(C)(C)/C=C/c2ccc3ccc(nc3c2)N(C)NC(=O)[C@@H]2CCCN(N2)C(=O)[C@H](CCC(=O)NCc2cnn(C)c2)NC1=O. The van der Waals surface area contributed by atoms with Gasteiger partial charge in [-0.15, -0.1) is 0 Å². The van der Waals surface area contributed by atoms with Crippen molar-refractivity contribution in [2.45, 2.75) is 78.1 Å². The minimum Gasteiger partial charge on any atom is -0.451 e. The van der Waals surface area contributed by atoms with Crippen molar-refractivity contribution in [3.8, 4) is 0 Å². The highest BCUT2D eigenvalue weighted by molar-refractivity contribution is 5.92. The second kappa shape index (κ2) is 15.7. The molecule has 2 aliphatic heterocycles. The number of anilines is 1. The molecule has 51 heavy (non-hydrogen) atoms. The van der Waals surface area contributed by atoms with E-state index < -0.39 is 47.3 Å². The average molecular weight is 702 g/mol. The molecule has 0 unspecified atom stereocenters. The molecule has 3 atom stereocenters. The standard InChI is InChI=1S/C36H47N9O6/c1-22(2)31-33(48)40-27(12-14-30(46)37-19-24-20-38-43(5)21-24)34(49)45-17-7-8-26(41-45)32(47)42-44(6)29-13-11-25-10-9-23(18-28(25)39-29)15-16-36(3,4)35(50)51-31/h9-11,13,15-16,18,20-22,26-27,31,41H,7-8,12,14,17,19H2,1-6H3,(H,37,46)(H,40,48)(H,42,47)/b16-15+/t26-,27-,31-/m0/s1. The number of nitrogens with one attached hydrogen (secondary N) is 4. The zero-order valence-corrected chi connectivity index (χ0v) is 29.9. The van der Waals surface area contributed by atoms with Crippen molar-refractivity contribution in [1.29, 1.82) is 0 Å². The number of rotatable bonds is 6. The first-order valence-corrected chi connectivity index (χ1v) is 17.2. The Morgan fingerprint density at radius 3 is 2.59 bits per heavy atom. The van der Waals surface area contributed by atoms with Crippen molar-refractivity contribution in [3.63, 3.8) is 0 Å². The number of carbonyl (C=O) groups excluding carboxylic acids is 5. The van der Waals surface area contributed by atoms with Crippen LogP contribution < -0.4 is 26.5 Å². The van der Waals surface area contributed by atoms with E-state index in [1.807, 2.05) is 24.3 Å². The summed E-state index contributed by atoms with van der Waals surface area (Å²) >= 11 is 0.